The summed E-state index contributed by atoms with van der Waals surface area (Å²) in [5.41, 5.74) is 1.10. The molecule has 1 aromatic rings. The van der Waals surface area contributed by atoms with Crippen LogP contribution in [0.15, 0.2) is 30.3 Å². The summed E-state index contributed by atoms with van der Waals surface area (Å²) in [6.07, 6.45) is 0.207. The fourth-order valence-corrected chi connectivity index (χ4v) is 2.49. The Morgan fingerprint density at radius 2 is 1.95 bits per heavy atom. The van der Waals surface area contributed by atoms with E-state index < -0.39 is 0 Å². The zero-order valence-electron chi connectivity index (χ0n) is 12.6. The van der Waals surface area contributed by atoms with Gasteiger partial charge in [-0.2, -0.15) is 0 Å². The summed E-state index contributed by atoms with van der Waals surface area (Å²) in [5, 5.41) is 12.7. The number of amides is 1. The van der Waals surface area contributed by atoms with Crippen LogP contribution in [0.5, 0.6) is 0 Å². The number of carbonyl (C=O) groups excluding carboxylic acids is 1. The molecule has 3 nitrogen and oxygen atoms in total. The highest BCUT2D eigenvalue weighted by Crippen LogP contribution is 2.20. The molecule has 0 unspecified atom stereocenters. The van der Waals surface area contributed by atoms with Crippen LogP contribution < -0.4 is 5.32 Å². The van der Waals surface area contributed by atoms with Crippen molar-refractivity contribution >= 4 is 17.7 Å². The average Bonchev–Trinajstić information content (AvgIpc) is 2.38. The molecule has 0 aromatic heterocycles. The third-order valence-corrected chi connectivity index (χ3v) is 4.09. The minimum atomic E-state index is -0.389. The molecular weight excluding hydrogens is 270 g/mol. The molecule has 20 heavy (non-hydrogen) atoms. The molecule has 0 fully saturated rings. The zero-order chi connectivity index (χ0) is 15.0. The molecule has 0 saturated heterocycles. The van der Waals surface area contributed by atoms with Gasteiger partial charge >= 0.3 is 0 Å². The number of rotatable bonds is 7. The topological polar surface area (TPSA) is 49.3 Å². The van der Waals surface area contributed by atoms with E-state index in [0.29, 0.717) is 18.7 Å². The molecule has 0 aliphatic heterocycles. The number of hydrogen-bond acceptors (Lipinski definition) is 3. The number of thioether (sulfide) groups is 1. The van der Waals surface area contributed by atoms with Gasteiger partial charge in [-0.15, -0.1) is 11.8 Å². The summed E-state index contributed by atoms with van der Waals surface area (Å²) in [7, 11) is 0. The number of aliphatic hydroxyl groups excluding tert-OH is 1. The summed E-state index contributed by atoms with van der Waals surface area (Å²) < 4.78 is 0. The van der Waals surface area contributed by atoms with Crippen molar-refractivity contribution in [3.63, 3.8) is 0 Å². The van der Waals surface area contributed by atoms with Gasteiger partial charge in [0.15, 0.2) is 0 Å². The molecule has 0 heterocycles. The van der Waals surface area contributed by atoms with Gasteiger partial charge in [-0.1, -0.05) is 51.1 Å². The van der Waals surface area contributed by atoms with E-state index in [9.17, 15) is 9.90 Å². The third-order valence-electron chi connectivity index (χ3n) is 3.08. The summed E-state index contributed by atoms with van der Waals surface area (Å²) in [5.74, 6) is 1.34. The van der Waals surface area contributed by atoms with Gasteiger partial charge in [0, 0.05) is 12.3 Å². The lowest BCUT2D eigenvalue weighted by molar-refractivity contribution is -0.118. The highest BCUT2D eigenvalue weighted by molar-refractivity contribution is 7.99. The number of aliphatic hydroxyl groups is 1. The molecule has 0 spiro atoms. The summed E-state index contributed by atoms with van der Waals surface area (Å²) in [6.45, 7) is 6.52. The Labute approximate surface area is 126 Å². The first kappa shape index (κ1) is 17.1. The third kappa shape index (κ3) is 6.96. The Hall–Kier alpha value is -1.00. The summed E-state index contributed by atoms with van der Waals surface area (Å²) in [6, 6.07) is 10.1. The molecule has 1 aromatic carbocycles. The number of benzene rings is 1. The van der Waals surface area contributed by atoms with Crippen molar-refractivity contribution in [2.45, 2.75) is 39.0 Å². The maximum absolute atomic E-state index is 11.7. The van der Waals surface area contributed by atoms with Crippen LogP contribution in [0.1, 0.15) is 32.8 Å². The summed E-state index contributed by atoms with van der Waals surface area (Å²) in [4.78, 5) is 11.7. The van der Waals surface area contributed by atoms with E-state index in [1.165, 1.54) is 5.56 Å². The second-order valence-corrected chi connectivity index (χ2v) is 6.98. The lowest BCUT2D eigenvalue weighted by Crippen LogP contribution is -2.33. The summed E-state index contributed by atoms with van der Waals surface area (Å²) >= 11 is 1.60. The predicted octanol–water partition coefficient (Wildman–Crippen LogP) is 2.83. The van der Waals surface area contributed by atoms with E-state index in [2.05, 4.69) is 17.4 Å². The zero-order valence-corrected chi connectivity index (χ0v) is 13.4. The van der Waals surface area contributed by atoms with Crippen molar-refractivity contribution in [2.75, 3.05) is 12.3 Å². The molecule has 1 amide bonds. The molecule has 0 saturated carbocycles. The Morgan fingerprint density at radius 3 is 2.55 bits per heavy atom. The Morgan fingerprint density at radius 1 is 1.30 bits per heavy atom. The SMILES string of the molecule is CC(C)(C)[C@@H](O)CCNC(=O)CSCc1ccccc1. The minimum Gasteiger partial charge on any atom is -0.393 e. The van der Waals surface area contributed by atoms with Crippen molar-refractivity contribution in [1.82, 2.24) is 5.32 Å². The second-order valence-electron chi connectivity index (χ2n) is 6.00. The molecule has 2 N–H and O–H groups in total. The van der Waals surface area contributed by atoms with Gasteiger partial charge in [-0.3, -0.25) is 4.79 Å². The maximum Gasteiger partial charge on any atom is 0.230 e. The molecule has 1 rings (SSSR count). The maximum atomic E-state index is 11.7. The molecular formula is C16H25NO2S. The van der Waals surface area contributed by atoms with E-state index in [0.717, 1.165) is 5.75 Å². The van der Waals surface area contributed by atoms with Crippen LogP contribution in [0.25, 0.3) is 0 Å². The lowest BCUT2D eigenvalue weighted by atomic mass is 9.87. The standard InChI is InChI=1S/C16H25NO2S/c1-16(2,3)14(18)9-10-17-15(19)12-20-11-13-7-5-4-6-8-13/h4-8,14,18H,9-12H2,1-3H3,(H,17,19)/t14-/m0/s1. The van der Waals surface area contributed by atoms with Crippen molar-refractivity contribution in [3.8, 4) is 0 Å². The molecule has 0 aliphatic rings. The molecule has 1 atom stereocenters. The predicted molar refractivity (Wildman–Crippen MR) is 85.7 cm³/mol. The first-order valence-electron chi connectivity index (χ1n) is 6.96. The molecule has 0 aliphatic carbocycles. The lowest BCUT2D eigenvalue weighted by Gasteiger charge is -2.25. The number of nitrogens with one attached hydrogen (secondary N) is 1. The van der Waals surface area contributed by atoms with E-state index in [1.54, 1.807) is 11.8 Å². The number of hydrogen-bond donors (Lipinski definition) is 2. The van der Waals surface area contributed by atoms with Gasteiger partial charge in [-0.05, 0) is 17.4 Å². The Kier molecular flexibility index (Phi) is 7.10. The van der Waals surface area contributed by atoms with Crippen LogP contribution in [0, 0.1) is 5.41 Å². The van der Waals surface area contributed by atoms with Gasteiger partial charge in [0.05, 0.1) is 11.9 Å². The number of carbonyl (C=O) groups is 1. The highest BCUT2D eigenvalue weighted by atomic mass is 32.2. The molecule has 4 heteroatoms. The van der Waals surface area contributed by atoms with Gasteiger partial charge in [0.2, 0.25) is 5.91 Å². The van der Waals surface area contributed by atoms with Crippen molar-refractivity contribution in [1.29, 1.82) is 0 Å². The van der Waals surface area contributed by atoms with Gasteiger partial charge in [0.1, 0.15) is 0 Å². The molecule has 0 radical (unpaired) electrons. The van der Waals surface area contributed by atoms with Crippen LogP contribution in [0.2, 0.25) is 0 Å². The van der Waals surface area contributed by atoms with E-state index in [-0.39, 0.29) is 17.4 Å². The van der Waals surface area contributed by atoms with Crippen LogP contribution in [-0.2, 0) is 10.5 Å². The first-order valence-corrected chi connectivity index (χ1v) is 8.11. The quantitative estimate of drug-likeness (QED) is 0.813. The smallest absolute Gasteiger partial charge is 0.230 e. The normalized spacial score (nSPS) is 13.0. The fraction of sp³-hybridized carbons (Fsp3) is 0.562. The van der Waals surface area contributed by atoms with Crippen molar-refractivity contribution in [3.05, 3.63) is 35.9 Å². The van der Waals surface area contributed by atoms with Crippen molar-refractivity contribution in [2.24, 2.45) is 5.41 Å². The average molecular weight is 295 g/mol. The van der Waals surface area contributed by atoms with Crippen LogP contribution in [-0.4, -0.2) is 29.4 Å². The second kappa shape index (κ2) is 8.32. The Bertz CT molecular complexity index is 401. The monoisotopic (exact) mass is 295 g/mol. The van der Waals surface area contributed by atoms with E-state index in [4.69, 9.17) is 0 Å². The molecule has 0 bridgehead atoms. The van der Waals surface area contributed by atoms with Gasteiger partial charge < -0.3 is 10.4 Å². The Balaban J connectivity index is 2.12. The van der Waals surface area contributed by atoms with Crippen LogP contribution in [0.3, 0.4) is 0 Å². The van der Waals surface area contributed by atoms with Crippen molar-refractivity contribution < 1.29 is 9.90 Å². The van der Waals surface area contributed by atoms with Crippen LogP contribution >= 0.6 is 11.8 Å². The fourth-order valence-electron chi connectivity index (χ4n) is 1.67. The van der Waals surface area contributed by atoms with E-state index in [1.807, 2.05) is 39.0 Å². The first-order chi connectivity index (χ1) is 9.39. The van der Waals surface area contributed by atoms with Gasteiger partial charge in [-0.25, -0.2) is 0 Å². The van der Waals surface area contributed by atoms with Crippen LogP contribution in [0.4, 0.5) is 0 Å². The van der Waals surface area contributed by atoms with E-state index >= 15 is 0 Å². The largest absolute Gasteiger partial charge is 0.393 e. The minimum absolute atomic E-state index is 0.0343. The molecule has 112 valence electrons. The highest BCUT2D eigenvalue weighted by Gasteiger charge is 2.21. The van der Waals surface area contributed by atoms with Gasteiger partial charge in [0.25, 0.3) is 0 Å².